The summed E-state index contributed by atoms with van der Waals surface area (Å²) < 4.78 is 12.4. The molecule has 1 heterocycles. The van der Waals surface area contributed by atoms with Crippen LogP contribution in [0.1, 0.15) is 31.9 Å². The second-order valence-electron chi connectivity index (χ2n) is 8.21. The summed E-state index contributed by atoms with van der Waals surface area (Å²) in [5, 5.41) is 3.69. The van der Waals surface area contributed by atoms with Gasteiger partial charge in [-0.3, -0.25) is 0 Å². The predicted molar refractivity (Wildman–Crippen MR) is 116 cm³/mol. The first-order valence-corrected chi connectivity index (χ1v) is 9.95. The number of hydrogen-bond acceptors (Lipinski definition) is 4. The number of carbonyl (C=O) groups is 2. The van der Waals surface area contributed by atoms with Crippen molar-refractivity contribution >= 4 is 23.0 Å². The molecule has 1 atom stereocenters. The number of aromatic nitrogens is 1. The fraction of sp³-hybridized carbons (Fsp3) is 0.333. The minimum Gasteiger partial charge on any atom is -0.467 e. The molecule has 0 saturated carbocycles. The zero-order chi connectivity index (χ0) is 21.7. The van der Waals surface area contributed by atoms with E-state index in [0.29, 0.717) is 13.0 Å². The third kappa shape index (κ3) is 5.41. The maximum atomic E-state index is 12.4. The van der Waals surface area contributed by atoms with Crippen LogP contribution in [-0.2, 0) is 27.2 Å². The Morgan fingerprint density at radius 3 is 2.37 bits per heavy atom. The lowest BCUT2D eigenvalue weighted by molar-refractivity contribution is -0.143. The van der Waals surface area contributed by atoms with Crippen molar-refractivity contribution < 1.29 is 19.1 Å². The molecule has 0 spiro atoms. The van der Waals surface area contributed by atoms with Crippen molar-refractivity contribution in [3.8, 4) is 0 Å². The number of rotatable bonds is 6. The van der Waals surface area contributed by atoms with E-state index in [1.165, 1.54) is 12.7 Å². The molecule has 158 valence electrons. The van der Waals surface area contributed by atoms with Crippen LogP contribution in [0.3, 0.4) is 0 Å². The Hall–Kier alpha value is -3.28. The Balaban J connectivity index is 1.88. The molecule has 1 aromatic heterocycles. The van der Waals surface area contributed by atoms with Crippen LogP contribution < -0.4 is 5.32 Å². The summed E-state index contributed by atoms with van der Waals surface area (Å²) in [6.07, 6.45) is 1.68. The number of fused-ring (bicyclic) bond motifs is 1. The summed E-state index contributed by atoms with van der Waals surface area (Å²) in [5.74, 6) is -0.513. The lowest BCUT2D eigenvalue weighted by Crippen LogP contribution is -2.45. The van der Waals surface area contributed by atoms with Crippen LogP contribution in [0.2, 0.25) is 0 Å². The summed E-state index contributed by atoms with van der Waals surface area (Å²) in [6.45, 7) is 6.04. The number of para-hydroxylation sites is 1. The predicted octanol–water partition coefficient (Wildman–Crippen LogP) is 4.30. The second-order valence-corrected chi connectivity index (χ2v) is 8.21. The maximum Gasteiger partial charge on any atom is 0.408 e. The fourth-order valence-electron chi connectivity index (χ4n) is 3.40. The monoisotopic (exact) mass is 408 g/mol. The van der Waals surface area contributed by atoms with E-state index in [4.69, 9.17) is 9.47 Å². The van der Waals surface area contributed by atoms with Crippen molar-refractivity contribution in [2.75, 3.05) is 7.11 Å². The van der Waals surface area contributed by atoms with E-state index in [-0.39, 0.29) is 0 Å². The number of alkyl carbamates (subject to hydrolysis) is 1. The van der Waals surface area contributed by atoms with Crippen LogP contribution in [0.5, 0.6) is 0 Å². The van der Waals surface area contributed by atoms with Crippen molar-refractivity contribution in [3.63, 3.8) is 0 Å². The summed E-state index contributed by atoms with van der Waals surface area (Å²) >= 11 is 0. The number of benzene rings is 2. The van der Waals surface area contributed by atoms with Gasteiger partial charge in [0, 0.05) is 30.1 Å². The summed E-state index contributed by atoms with van der Waals surface area (Å²) in [4.78, 5) is 24.6. The number of esters is 1. The fourth-order valence-corrected chi connectivity index (χ4v) is 3.40. The topological polar surface area (TPSA) is 69.6 Å². The van der Waals surface area contributed by atoms with Gasteiger partial charge in [-0.25, -0.2) is 9.59 Å². The third-order valence-corrected chi connectivity index (χ3v) is 4.67. The Morgan fingerprint density at radius 1 is 1.03 bits per heavy atom. The van der Waals surface area contributed by atoms with E-state index < -0.39 is 23.7 Å². The second kappa shape index (κ2) is 9.03. The quantitative estimate of drug-likeness (QED) is 0.618. The van der Waals surface area contributed by atoms with Gasteiger partial charge in [-0.1, -0.05) is 48.5 Å². The van der Waals surface area contributed by atoms with Gasteiger partial charge < -0.3 is 19.4 Å². The number of hydrogen-bond donors (Lipinski definition) is 1. The zero-order valence-corrected chi connectivity index (χ0v) is 17.8. The molecule has 6 heteroatoms. The average Bonchev–Trinajstić information content (AvgIpc) is 3.03. The van der Waals surface area contributed by atoms with E-state index >= 15 is 0 Å². The highest BCUT2D eigenvalue weighted by atomic mass is 16.6. The van der Waals surface area contributed by atoms with Crippen molar-refractivity contribution in [2.24, 2.45) is 0 Å². The molecule has 1 N–H and O–H groups in total. The molecule has 3 rings (SSSR count). The number of carbonyl (C=O) groups excluding carboxylic acids is 2. The van der Waals surface area contributed by atoms with E-state index in [9.17, 15) is 9.59 Å². The van der Waals surface area contributed by atoms with Gasteiger partial charge in [-0.05, 0) is 38.0 Å². The van der Waals surface area contributed by atoms with Crippen molar-refractivity contribution in [2.45, 2.75) is 45.4 Å². The summed E-state index contributed by atoms with van der Waals surface area (Å²) in [7, 11) is 1.31. The Morgan fingerprint density at radius 2 is 1.70 bits per heavy atom. The Labute approximate surface area is 176 Å². The van der Waals surface area contributed by atoms with E-state index in [0.717, 1.165) is 16.5 Å². The minimum absolute atomic E-state index is 0.300. The minimum atomic E-state index is -0.846. The van der Waals surface area contributed by atoms with Gasteiger partial charge in [-0.2, -0.15) is 0 Å². The highest BCUT2D eigenvalue weighted by Gasteiger charge is 2.26. The number of ether oxygens (including phenoxy) is 2. The molecule has 2 aromatic carbocycles. The third-order valence-electron chi connectivity index (χ3n) is 4.67. The van der Waals surface area contributed by atoms with Gasteiger partial charge in [0.15, 0.2) is 0 Å². The zero-order valence-electron chi connectivity index (χ0n) is 17.8. The van der Waals surface area contributed by atoms with E-state index in [2.05, 4.69) is 28.1 Å². The lowest BCUT2D eigenvalue weighted by atomic mass is 10.1. The number of amides is 1. The number of nitrogens with one attached hydrogen (secondary N) is 1. The van der Waals surface area contributed by atoms with E-state index in [1.807, 2.05) is 42.6 Å². The highest BCUT2D eigenvalue weighted by Crippen LogP contribution is 2.24. The molecule has 0 bridgehead atoms. The van der Waals surface area contributed by atoms with Gasteiger partial charge in [0.05, 0.1) is 7.11 Å². The molecule has 3 aromatic rings. The molecule has 0 aliphatic carbocycles. The maximum absolute atomic E-state index is 12.4. The smallest absolute Gasteiger partial charge is 0.408 e. The van der Waals surface area contributed by atoms with Gasteiger partial charge in [0.1, 0.15) is 11.6 Å². The number of methoxy groups -OCH3 is 1. The molecular formula is C24H28N2O4. The first-order valence-electron chi connectivity index (χ1n) is 9.95. The molecule has 0 aliphatic rings. The van der Waals surface area contributed by atoms with Crippen LogP contribution in [0.25, 0.3) is 10.9 Å². The van der Waals surface area contributed by atoms with Gasteiger partial charge in [0.2, 0.25) is 0 Å². The number of nitrogens with zero attached hydrogens (tertiary/aromatic N) is 1. The molecular weight excluding hydrogens is 380 g/mol. The molecule has 1 amide bonds. The average molecular weight is 408 g/mol. The molecule has 1 unspecified atom stereocenters. The largest absolute Gasteiger partial charge is 0.467 e. The first-order chi connectivity index (χ1) is 14.3. The highest BCUT2D eigenvalue weighted by molar-refractivity contribution is 5.86. The van der Waals surface area contributed by atoms with Crippen molar-refractivity contribution in [3.05, 3.63) is 71.9 Å². The Bertz CT molecular complexity index is 1020. The molecule has 0 radical (unpaired) electrons. The van der Waals surface area contributed by atoms with Crippen LogP contribution in [0.4, 0.5) is 4.79 Å². The van der Waals surface area contributed by atoms with Crippen LogP contribution in [0.15, 0.2) is 60.8 Å². The van der Waals surface area contributed by atoms with Gasteiger partial charge in [-0.15, -0.1) is 0 Å². The molecule has 0 aliphatic heterocycles. The van der Waals surface area contributed by atoms with E-state index in [1.54, 1.807) is 20.8 Å². The summed E-state index contributed by atoms with van der Waals surface area (Å²) in [5.41, 5.74) is 2.54. The molecule has 6 nitrogen and oxygen atoms in total. The summed E-state index contributed by atoms with van der Waals surface area (Å²) in [6, 6.07) is 17.4. The molecule has 0 fully saturated rings. The van der Waals surface area contributed by atoms with Crippen LogP contribution in [-0.4, -0.2) is 35.4 Å². The van der Waals surface area contributed by atoms with Crippen molar-refractivity contribution in [1.82, 2.24) is 9.88 Å². The molecule has 30 heavy (non-hydrogen) atoms. The van der Waals surface area contributed by atoms with Gasteiger partial charge in [0.25, 0.3) is 0 Å². The molecule has 0 saturated heterocycles. The normalized spacial score (nSPS) is 12.4. The van der Waals surface area contributed by atoms with Crippen LogP contribution >= 0.6 is 0 Å². The SMILES string of the molecule is COC(=O)C(Cc1cn(Cc2ccccc2)c2ccccc12)NC(=O)OC(C)(C)C. The lowest BCUT2D eigenvalue weighted by Gasteiger charge is -2.22. The van der Waals surface area contributed by atoms with Gasteiger partial charge >= 0.3 is 12.1 Å². The standard InChI is InChI=1S/C24H28N2O4/c1-24(2,3)30-23(28)25-20(22(27)29-4)14-18-16-26(15-17-10-6-5-7-11-17)21-13-9-8-12-19(18)21/h5-13,16,20H,14-15H2,1-4H3,(H,25,28). The first kappa shape index (κ1) is 21.4. The Kier molecular flexibility index (Phi) is 6.45. The van der Waals surface area contributed by atoms with Crippen molar-refractivity contribution in [1.29, 1.82) is 0 Å². The van der Waals surface area contributed by atoms with Crippen LogP contribution in [0, 0.1) is 0 Å².